The second-order valence-corrected chi connectivity index (χ2v) is 3.33. The Morgan fingerprint density at radius 2 is 1.44 bits per heavy atom. The summed E-state index contributed by atoms with van der Waals surface area (Å²) in [6.07, 6.45) is -9.02. The van der Waals surface area contributed by atoms with Gasteiger partial charge >= 0.3 is 35.7 Å². The maximum absolute atomic E-state index is 12.3. The maximum atomic E-state index is 12.3. The Hall–Kier alpha value is 0.580. The van der Waals surface area contributed by atoms with Crippen LogP contribution < -0.4 is 29.6 Å². The summed E-state index contributed by atoms with van der Waals surface area (Å²) in [5.41, 5.74) is 0. The van der Waals surface area contributed by atoms with E-state index in [2.05, 4.69) is 0 Å². The van der Waals surface area contributed by atoms with E-state index in [1.54, 1.807) is 0 Å². The van der Waals surface area contributed by atoms with Crippen molar-refractivity contribution in [2.45, 2.75) is 50.9 Å². The summed E-state index contributed by atoms with van der Waals surface area (Å²) in [5, 5.41) is 0. The number of rotatable bonds is 7. The molecule has 0 aromatic heterocycles. The molecule has 92 valence electrons. The van der Waals surface area contributed by atoms with Crippen LogP contribution in [0.25, 0.3) is 0 Å². The molecule has 1 atom stereocenters. The Bertz CT molecular complexity index is 159. The molecule has 0 aliphatic rings. The molecule has 1 unspecified atom stereocenters. The van der Waals surface area contributed by atoms with Gasteiger partial charge in [-0.3, -0.25) is 4.39 Å². The largest absolute Gasteiger partial charge is 1.00 e. The quantitative estimate of drug-likeness (QED) is 0.282. The molecular weight excluding hydrogens is 245 g/mol. The molecule has 16 heavy (non-hydrogen) atoms. The standard InChI is InChI=1S/C9H13F6.Na/c10-7(8(11)12)5-3-1-2-4-6-9(13,14)15;/h7H,1-6H2;/q-1;+1. The van der Waals surface area contributed by atoms with Crippen molar-refractivity contribution in [1.82, 2.24) is 0 Å². The summed E-state index contributed by atoms with van der Waals surface area (Å²) >= 11 is 0. The summed E-state index contributed by atoms with van der Waals surface area (Å²) in [6.45, 7) is 0. The zero-order chi connectivity index (χ0) is 11.9. The average Bonchev–Trinajstić information content (AvgIpc) is 2.08. The van der Waals surface area contributed by atoms with Crippen LogP contribution >= 0.6 is 0 Å². The van der Waals surface area contributed by atoms with Crippen molar-refractivity contribution in [2.24, 2.45) is 0 Å². The Kier molecular flexibility index (Phi) is 11.4. The van der Waals surface area contributed by atoms with Crippen LogP contribution in [0.5, 0.6) is 0 Å². The topological polar surface area (TPSA) is 0 Å². The summed E-state index contributed by atoms with van der Waals surface area (Å²) in [7, 11) is 0. The van der Waals surface area contributed by atoms with E-state index in [9.17, 15) is 26.3 Å². The van der Waals surface area contributed by atoms with E-state index in [0.29, 0.717) is 12.8 Å². The van der Waals surface area contributed by atoms with Crippen LogP contribution in [0.2, 0.25) is 0 Å². The Morgan fingerprint density at radius 1 is 0.938 bits per heavy atom. The molecule has 0 aromatic carbocycles. The molecule has 0 bridgehead atoms. The van der Waals surface area contributed by atoms with Gasteiger partial charge in [0.25, 0.3) is 0 Å². The van der Waals surface area contributed by atoms with E-state index < -0.39 is 25.2 Å². The molecule has 0 fully saturated rings. The summed E-state index contributed by atoms with van der Waals surface area (Å²) < 4.78 is 70.3. The number of unbranched alkanes of at least 4 members (excludes halogenated alkanes) is 3. The fourth-order valence-corrected chi connectivity index (χ4v) is 1.11. The van der Waals surface area contributed by atoms with Crippen LogP contribution in [0.4, 0.5) is 26.3 Å². The van der Waals surface area contributed by atoms with E-state index in [0.717, 1.165) is 0 Å². The van der Waals surface area contributed by atoms with Crippen molar-refractivity contribution in [3.8, 4) is 0 Å². The molecule has 7 heteroatoms. The van der Waals surface area contributed by atoms with Gasteiger partial charge in [-0.05, 0) is 12.8 Å². The van der Waals surface area contributed by atoms with Crippen molar-refractivity contribution < 1.29 is 55.9 Å². The van der Waals surface area contributed by atoms with Gasteiger partial charge in [-0.15, -0.1) is 0 Å². The van der Waals surface area contributed by atoms with Gasteiger partial charge in [0.2, 0.25) is 0 Å². The van der Waals surface area contributed by atoms with E-state index in [1.165, 1.54) is 0 Å². The number of hydrogen-bond donors (Lipinski definition) is 0. The van der Waals surface area contributed by atoms with Crippen LogP contribution in [0.1, 0.15) is 38.5 Å². The second-order valence-electron chi connectivity index (χ2n) is 3.33. The Morgan fingerprint density at radius 3 is 1.88 bits per heavy atom. The first-order valence-corrected chi connectivity index (χ1v) is 4.71. The molecular formula is C9H13F6Na. The van der Waals surface area contributed by atoms with E-state index in [-0.39, 0.29) is 48.8 Å². The monoisotopic (exact) mass is 258 g/mol. The Balaban J connectivity index is 0. The van der Waals surface area contributed by atoms with Crippen LogP contribution in [0, 0.1) is 6.43 Å². The first-order chi connectivity index (χ1) is 6.83. The predicted octanol–water partition coefficient (Wildman–Crippen LogP) is 1.66. The van der Waals surface area contributed by atoms with Crippen LogP contribution in [-0.2, 0) is 0 Å². The molecule has 0 nitrogen and oxygen atoms in total. The minimum absolute atomic E-state index is 0. The van der Waals surface area contributed by atoms with Crippen molar-refractivity contribution in [3.05, 3.63) is 6.43 Å². The molecule has 0 N–H and O–H groups in total. The van der Waals surface area contributed by atoms with Crippen molar-refractivity contribution in [2.75, 3.05) is 0 Å². The zero-order valence-electron chi connectivity index (χ0n) is 9.09. The van der Waals surface area contributed by atoms with Gasteiger partial charge in [-0.1, -0.05) is 19.3 Å². The van der Waals surface area contributed by atoms with Crippen LogP contribution in [0.3, 0.4) is 0 Å². The summed E-state index contributed by atoms with van der Waals surface area (Å²) in [6, 6.07) is 0. The van der Waals surface area contributed by atoms with Gasteiger partial charge in [-0.25, -0.2) is 0 Å². The Labute approximate surface area is 113 Å². The van der Waals surface area contributed by atoms with E-state index in [1.807, 2.05) is 0 Å². The van der Waals surface area contributed by atoms with Gasteiger partial charge < -0.3 is 8.78 Å². The molecule has 0 aliphatic carbocycles. The molecule has 0 saturated heterocycles. The summed E-state index contributed by atoms with van der Waals surface area (Å²) in [4.78, 5) is 0. The molecule has 0 rings (SSSR count). The number of halogens is 6. The van der Waals surface area contributed by atoms with Crippen LogP contribution in [-0.4, -0.2) is 12.3 Å². The molecule has 0 radical (unpaired) electrons. The first kappa shape index (κ1) is 18.9. The number of alkyl halides is 4. The van der Waals surface area contributed by atoms with E-state index >= 15 is 0 Å². The van der Waals surface area contributed by atoms with Gasteiger partial charge in [-0.2, -0.15) is 13.2 Å². The second kappa shape index (κ2) is 9.59. The molecule has 0 aliphatic heterocycles. The first-order valence-electron chi connectivity index (χ1n) is 4.71. The average molecular weight is 258 g/mol. The van der Waals surface area contributed by atoms with Crippen LogP contribution in [0.15, 0.2) is 0 Å². The molecule has 0 spiro atoms. The molecule has 0 aromatic rings. The van der Waals surface area contributed by atoms with Gasteiger partial charge in [0.15, 0.2) is 0 Å². The zero-order valence-corrected chi connectivity index (χ0v) is 11.1. The van der Waals surface area contributed by atoms with Gasteiger partial charge in [0.1, 0.15) is 0 Å². The van der Waals surface area contributed by atoms with Crippen molar-refractivity contribution >= 4 is 0 Å². The van der Waals surface area contributed by atoms with Crippen molar-refractivity contribution in [1.29, 1.82) is 0 Å². The third kappa shape index (κ3) is 12.6. The SMILES string of the molecule is F[C-](F)C(F)CCCCCCC(F)(F)F.[Na+]. The minimum atomic E-state index is -4.17. The number of hydrogen-bond acceptors (Lipinski definition) is 0. The fourth-order valence-electron chi connectivity index (χ4n) is 1.11. The third-order valence-electron chi connectivity index (χ3n) is 1.90. The fraction of sp³-hybridized carbons (Fsp3) is 0.889. The van der Waals surface area contributed by atoms with Gasteiger partial charge in [0.05, 0.1) is 0 Å². The summed E-state index contributed by atoms with van der Waals surface area (Å²) in [5.74, 6) is 0. The normalized spacial score (nSPS) is 13.7. The maximum Gasteiger partial charge on any atom is 1.00 e. The van der Waals surface area contributed by atoms with E-state index in [4.69, 9.17) is 0 Å². The molecule has 0 saturated carbocycles. The molecule has 0 heterocycles. The smallest absolute Gasteiger partial charge is 0.418 e. The molecule has 0 amide bonds. The minimum Gasteiger partial charge on any atom is -0.418 e. The predicted molar refractivity (Wildman–Crippen MR) is 44.1 cm³/mol. The van der Waals surface area contributed by atoms with Gasteiger partial charge in [0, 0.05) is 19.0 Å². The van der Waals surface area contributed by atoms with Crippen molar-refractivity contribution in [3.63, 3.8) is 0 Å². The third-order valence-corrected chi connectivity index (χ3v) is 1.90.